The average molecular weight is 408 g/mol. The van der Waals surface area contributed by atoms with E-state index < -0.39 is 10.0 Å². The fourth-order valence-corrected chi connectivity index (χ4v) is 4.71. The van der Waals surface area contributed by atoms with Crippen molar-refractivity contribution in [1.82, 2.24) is 4.72 Å². The number of ether oxygens (including phenoxy) is 1. The van der Waals surface area contributed by atoms with Gasteiger partial charge in [0.15, 0.2) is 0 Å². The maximum atomic E-state index is 12.6. The molecule has 0 radical (unpaired) electrons. The lowest BCUT2D eigenvalue weighted by Gasteiger charge is -2.12. The van der Waals surface area contributed by atoms with Gasteiger partial charge in [-0.3, -0.25) is 4.79 Å². The lowest BCUT2D eigenvalue weighted by Crippen LogP contribution is -2.35. The first kappa shape index (κ1) is 19.9. The summed E-state index contributed by atoms with van der Waals surface area (Å²) >= 11 is 5.83. The first-order chi connectivity index (χ1) is 12.9. The van der Waals surface area contributed by atoms with E-state index in [9.17, 15) is 13.2 Å². The minimum atomic E-state index is -3.57. The Bertz CT molecular complexity index is 925. The van der Waals surface area contributed by atoms with Crippen molar-refractivity contribution in [1.29, 1.82) is 0 Å². The van der Waals surface area contributed by atoms with Crippen LogP contribution in [0.1, 0.15) is 29.5 Å². The second kappa shape index (κ2) is 8.42. The Morgan fingerprint density at radius 3 is 2.56 bits per heavy atom. The van der Waals surface area contributed by atoms with E-state index in [1.54, 1.807) is 12.1 Å². The third-order valence-corrected chi connectivity index (χ3v) is 6.51. The van der Waals surface area contributed by atoms with E-state index in [4.69, 9.17) is 11.6 Å². The number of hydrogen-bond donors (Lipinski definition) is 1. The highest BCUT2D eigenvalue weighted by atomic mass is 35.5. The van der Waals surface area contributed by atoms with Crippen molar-refractivity contribution in [2.24, 2.45) is 0 Å². The molecule has 0 fully saturated rings. The number of halogens is 1. The Morgan fingerprint density at radius 1 is 1.15 bits per heavy atom. The molecule has 1 aliphatic carbocycles. The molecule has 2 aromatic rings. The monoisotopic (exact) mass is 407 g/mol. The average Bonchev–Trinajstić information content (AvgIpc) is 3.02. The number of methoxy groups -OCH3 is 1. The highest BCUT2D eigenvalue weighted by molar-refractivity contribution is 7.89. The zero-order chi connectivity index (χ0) is 19.4. The summed E-state index contributed by atoms with van der Waals surface area (Å²) in [5.41, 5.74) is 3.48. The largest absolute Gasteiger partial charge is 0.469 e. The van der Waals surface area contributed by atoms with Gasteiger partial charge in [-0.25, -0.2) is 13.1 Å². The predicted octanol–water partition coefficient (Wildman–Crippen LogP) is 3.28. The predicted molar refractivity (Wildman–Crippen MR) is 104 cm³/mol. The molecule has 0 saturated heterocycles. The molecular formula is C20H22ClNO4S. The van der Waals surface area contributed by atoms with Gasteiger partial charge in [-0.1, -0.05) is 29.8 Å². The van der Waals surface area contributed by atoms with Gasteiger partial charge in [0, 0.05) is 17.5 Å². The summed E-state index contributed by atoms with van der Waals surface area (Å²) in [4.78, 5) is 11.4. The van der Waals surface area contributed by atoms with Gasteiger partial charge in [-0.2, -0.15) is 0 Å². The summed E-state index contributed by atoms with van der Waals surface area (Å²) in [6.45, 7) is 0. The van der Waals surface area contributed by atoms with Crippen molar-refractivity contribution < 1.29 is 17.9 Å². The minimum Gasteiger partial charge on any atom is -0.469 e. The zero-order valence-electron chi connectivity index (χ0n) is 15.1. The van der Waals surface area contributed by atoms with Crippen LogP contribution in [0.15, 0.2) is 47.4 Å². The van der Waals surface area contributed by atoms with Crippen LogP contribution in [0.2, 0.25) is 5.02 Å². The molecule has 0 bridgehead atoms. The van der Waals surface area contributed by atoms with Crippen molar-refractivity contribution in [3.8, 4) is 0 Å². The summed E-state index contributed by atoms with van der Waals surface area (Å²) in [6.07, 6.45) is 3.26. The van der Waals surface area contributed by atoms with Crippen LogP contribution in [0.25, 0.3) is 0 Å². The number of fused-ring (bicyclic) bond motifs is 1. The molecule has 1 N–H and O–H groups in total. The normalized spacial score (nSPS) is 16.1. The molecule has 1 unspecified atom stereocenters. The molecule has 0 aliphatic heterocycles. The van der Waals surface area contributed by atoms with Crippen LogP contribution < -0.4 is 4.72 Å². The van der Waals surface area contributed by atoms with Crippen molar-refractivity contribution in [2.45, 2.75) is 43.0 Å². The number of nitrogens with one attached hydrogen (secondary N) is 1. The quantitative estimate of drug-likeness (QED) is 0.715. The van der Waals surface area contributed by atoms with E-state index >= 15 is 0 Å². The van der Waals surface area contributed by atoms with Gasteiger partial charge < -0.3 is 4.74 Å². The third kappa shape index (κ3) is 5.09. The van der Waals surface area contributed by atoms with Crippen molar-refractivity contribution in [3.05, 3.63) is 64.2 Å². The summed E-state index contributed by atoms with van der Waals surface area (Å²) < 4.78 is 32.6. The summed E-state index contributed by atoms with van der Waals surface area (Å²) in [6, 6.07) is 12.2. The third-order valence-electron chi connectivity index (χ3n) is 4.72. The van der Waals surface area contributed by atoms with E-state index in [0.717, 1.165) is 29.5 Å². The van der Waals surface area contributed by atoms with E-state index in [1.807, 2.05) is 6.07 Å². The molecule has 1 atom stereocenters. The molecule has 5 nitrogen and oxygen atoms in total. The molecule has 27 heavy (non-hydrogen) atoms. The fraction of sp³-hybridized carbons (Fsp3) is 0.350. The molecule has 0 amide bonds. The SMILES string of the molecule is COC(=O)CCCc1ccc2c(c1)CC(NS(=O)(=O)c1ccc(Cl)cc1)C2. The number of esters is 1. The highest BCUT2D eigenvalue weighted by Crippen LogP contribution is 2.25. The molecule has 0 saturated carbocycles. The molecule has 0 spiro atoms. The van der Waals surface area contributed by atoms with E-state index in [0.29, 0.717) is 24.3 Å². The van der Waals surface area contributed by atoms with Crippen LogP contribution in [0.5, 0.6) is 0 Å². The van der Waals surface area contributed by atoms with Crippen molar-refractivity contribution in [2.75, 3.05) is 7.11 Å². The van der Waals surface area contributed by atoms with Crippen LogP contribution in [0.4, 0.5) is 0 Å². The van der Waals surface area contributed by atoms with Gasteiger partial charge in [-0.05, 0) is 66.6 Å². The van der Waals surface area contributed by atoms with Gasteiger partial charge >= 0.3 is 5.97 Å². The Labute approximate surface area is 164 Å². The molecule has 0 heterocycles. The Hall–Kier alpha value is -1.89. The first-order valence-corrected chi connectivity index (χ1v) is 10.7. The number of carbonyl (C=O) groups is 1. The van der Waals surface area contributed by atoms with Gasteiger partial charge in [0.05, 0.1) is 12.0 Å². The molecule has 3 rings (SSSR count). The molecule has 2 aromatic carbocycles. The second-order valence-electron chi connectivity index (χ2n) is 6.71. The smallest absolute Gasteiger partial charge is 0.305 e. The number of hydrogen-bond acceptors (Lipinski definition) is 4. The Balaban J connectivity index is 1.62. The number of benzene rings is 2. The first-order valence-electron chi connectivity index (χ1n) is 8.83. The zero-order valence-corrected chi connectivity index (χ0v) is 16.6. The van der Waals surface area contributed by atoms with Gasteiger partial charge in [0.2, 0.25) is 10.0 Å². The maximum Gasteiger partial charge on any atom is 0.305 e. The number of rotatable bonds is 7. The lowest BCUT2D eigenvalue weighted by molar-refractivity contribution is -0.140. The van der Waals surface area contributed by atoms with Crippen LogP contribution in [0.3, 0.4) is 0 Å². The molecule has 0 aromatic heterocycles. The van der Waals surface area contributed by atoms with Gasteiger partial charge in [0.25, 0.3) is 0 Å². The second-order valence-corrected chi connectivity index (χ2v) is 8.86. The van der Waals surface area contributed by atoms with Crippen LogP contribution in [-0.2, 0) is 38.8 Å². The van der Waals surface area contributed by atoms with Gasteiger partial charge in [0.1, 0.15) is 0 Å². The number of sulfonamides is 1. The standard InChI is InChI=1S/C20H22ClNO4S/c1-26-20(23)4-2-3-14-5-6-15-12-18(13-16(15)11-14)22-27(24,25)19-9-7-17(21)8-10-19/h5-11,18,22H,2-4,12-13H2,1H3. The van der Waals surface area contributed by atoms with Crippen molar-refractivity contribution in [3.63, 3.8) is 0 Å². The summed E-state index contributed by atoms with van der Waals surface area (Å²) in [5.74, 6) is -0.201. The van der Waals surface area contributed by atoms with Crippen LogP contribution in [-0.4, -0.2) is 27.5 Å². The number of aryl methyl sites for hydroxylation is 1. The Kier molecular flexibility index (Phi) is 6.19. The van der Waals surface area contributed by atoms with E-state index in [1.165, 1.54) is 19.2 Å². The number of carbonyl (C=O) groups excluding carboxylic acids is 1. The van der Waals surface area contributed by atoms with Crippen LogP contribution in [0, 0.1) is 0 Å². The molecule has 7 heteroatoms. The maximum absolute atomic E-state index is 12.6. The van der Waals surface area contributed by atoms with E-state index in [2.05, 4.69) is 21.6 Å². The summed E-state index contributed by atoms with van der Waals surface area (Å²) in [7, 11) is -2.18. The molecular weight excluding hydrogens is 386 g/mol. The summed E-state index contributed by atoms with van der Waals surface area (Å²) in [5, 5.41) is 0.502. The van der Waals surface area contributed by atoms with Gasteiger partial charge in [-0.15, -0.1) is 0 Å². The molecule has 144 valence electrons. The lowest BCUT2D eigenvalue weighted by atomic mass is 10.0. The highest BCUT2D eigenvalue weighted by Gasteiger charge is 2.26. The fourth-order valence-electron chi connectivity index (χ4n) is 3.35. The van der Waals surface area contributed by atoms with Crippen molar-refractivity contribution >= 4 is 27.6 Å². The Morgan fingerprint density at radius 2 is 1.85 bits per heavy atom. The topological polar surface area (TPSA) is 72.5 Å². The van der Waals surface area contributed by atoms with E-state index in [-0.39, 0.29) is 16.9 Å². The van der Waals surface area contributed by atoms with Crippen LogP contribution >= 0.6 is 11.6 Å². The minimum absolute atomic E-state index is 0.161. The molecule has 1 aliphatic rings.